The smallest absolute Gasteiger partial charge is 0.356 e. The SMILES string of the molecule is CCN(C)C(=O)C(C)(C)Nc1ccnc(-c2c[nH]c3ncc(F)cc23)n1.C[C@]1(C(=O)NCC(F)(F)F)CCCN1c1ccnc(-c2c[nH]c3ncc(Cl)cc23)n1.C[C@]1(C(=O)NCC(F)(F)F)CCCN1c1nc(-c2c[nH]c3ncc(Cl)cc23)ncc1F.[HH].[HH].[HH].[HH].[HH]. The van der Waals surface area contributed by atoms with Crippen molar-refractivity contribution in [2.75, 3.05) is 54.9 Å². The van der Waals surface area contributed by atoms with E-state index in [4.69, 9.17) is 23.2 Å². The van der Waals surface area contributed by atoms with Crippen LogP contribution in [0.25, 0.3) is 67.3 Å². The van der Waals surface area contributed by atoms with Gasteiger partial charge in [-0.1, -0.05) is 23.2 Å². The van der Waals surface area contributed by atoms with Gasteiger partial charge in [0.15, 0.2) is 29.1 Å². The third-order valence-corrected chi connectivity index (χ3v) is 15.1. The van der Waals surface area contributed by atoms with E-state index in [1.165, 1.54) is 30.3 Å². The Bertz CT molecular complexity index is 4040. The van der Waals surface area contributed by atoms with E-state index in [2.05, 4.69) is 65.1 Å². The van der Waals surface area contributed by atoms with Crippen molar-refractivity contribution in [2.45, 2.75) is 89.3 Å². The average molecular weight is 1260 g/mol. The first-order chi connectivity index (χ1) is 41.1. The van der Waals surface area contributed by atoms with Gasteiger partial charge in [-0.3, -0.25) is 14.4 Å². The molecule has 2 aliphatic rings. The number of carbonyl (C=O) groups excluding carboxylic acids is 3. The first-order valence-electron chi connectivity index (χ1n) is 26.9. The molecule has 0 bridgehead atoms. The van der Waals surface area contributed by atoms with Crippen molar-refractivity contribution in [1.29, 1.82) is 0 Å². The minimum atomic E-state index is -4.55. The molecule has 6 N–H and O–H groups in total. The first kappa shape index (κ1) is 62.7. The van der Waals surface area contributed by atoms with Crippen LogP contribution in [-0.2, 0) is 14.4 Å². The molecule has 9 aromatic rings. The van der Waals surface area contributed by atoms with Crippen molar-refractivity contribution in [2.24, 2.45) is 0 Å². The Balaban J connectivity index is 0.000000288. The van der Waals surface area contributed by atoms with Crippen LogP contribution in [0.15, 0.2) is 86.1 Å². The summed E-state index contributed by atoms with van der Waals surface area (Å²) in [7, 11) is 1.75. The molecule has 0 radical (unpaired) electrons. The zero-order chi connectivity index (χ0) is 62.8. The molecule has 21 nitrogen and oxygen atoms in total. The van der Waals surface area contributed by atoms with Gasteiger partial charge in [0.1, 0.15) is 64.1 Å². The summed E-state index contributed by atoms with van der Waals surface area (Å²) in [4.78, 5) is 89.8. The molecule has 3 amide bonds. The topological polar surface area (TPSA) is 260 Å². The molecule has 0 spiro atoms. The van der Waals surface area contributed by atoms with E-state index in [0.29, 0.717) is 110 Å². The number of aromatic nitrogens is 12. The third kappa shape index (κ3) is 13.9. The quantitative estimate of drug-likeness (QED) is 0.0587. The number of H-pyrrole nitrogens is 3. The van der Waals surface area contributed by atoms with Crippen LogP contribution in [0.2, 0.25) is 10.0 Å². The van der Waals surface area contributed by atoms with Gasteiger partial charge in [0.25, 0.3) is 0 Å². The second kappa shape index (κ2) is 24.9. The normalized spacial score (nSPS) is 17.0. The number of fused-ring (bicyclic) bond motifs is 3. The Morgan fingerprint density at radius 2 is 1.13 bits per heavy atom. The summed E-state index contributed by atoms with van der Waals surface area (Å²) in [5.74, 6) is -0.979. The molecule has 11 rings (SSSR count). The maximum atomic E-state index is 14.7. The van der Waals surface area contributed by atoms with Crippen LogP contribution in [0.3, 0.4) is 0 Å². The van der Waals surface area contributed by atoms with E-state index in [1.807, 2.05) is 17.6 Å². The molecule has 2 saturated heterocycles. The number of hydrogen-bond donors (Lipinski definition) is 6. The lowest BCUT2D eigenvalue weighted by atomic mass is 9.97. The molecule has 0 aromatic carbocycles. The lowest BCUT2D eigenvalue weighted by molar-refractivity contribution is -0.141. The van der Waals surface area contributed by atoms with Crippen molar-refractivity contribution in [3.05, 3.63) is 108 Å². The van der Waals surface area contributed by atoms with Gasteiger partial charge in [-0.25, -0.2) is 53.6 Å². The van der Waals surface area contributed by atoms with Crippen LogP contribution in [0.4, 0.5) is 52.6 Å². The predicted molar refractivity (Wildman–Crippen MR) is 321 cm³/mol. The van der Waals surface area contributed by atoms with Crippen LogP contribution in [-0.4, -0.2) is 151 Å². The number of halogens is 10. The number of hydrogen-bond acceptors (Lipinski definition) is 15. The number of carbonyl (C=O) groups is 3. The summed E-state index contributed by atoms with van der Waals surface area (Å²) < 4.78 is 104. The van der Waals surface area contributed by atoms with E-state index >= 15 is 0 Å². The van der Waals surface area contributed by atoms with E-state index in [9.17, 15) is 49.5 Å². The van der Waals surface area contributed by atoms with Gasteiger partial charge >= 0.3 is 12.4 Å². The zero-order valence-corrected chi connectivity index (χ0v) is 48.8. The molecule has 2 aliphatic heterocycles. The standard InChI is InChI=1S/C19H17ClF4N6O.C19H18ClF3N6O.C18H21FN6O.5H2/c1-18(17(31)28-9-19(22,23)24)3-2-4-30(18)16-13(21)8-27-15(29-16)12-7-26-14-11(12)5-10(20)6-25-14;1-18(17(30)27-10-19(21,22)23)4-2-6-29(18)14-3-5-24-16(28-14)13-9-26-15-12(13)7-11(20)8-25-15;1-5-25(4)17(26)18(2,3)24-14-6-7-20-16(23-14)13-10-22-15-12(13)8-11(19)9-21-15;;;;;/h5-8H,2-4,9H2,1H3,(H,25,26)(H,28,31);3,5,7-9H,2,4,6,10H2,1H3,(H,25,26)(H,27,30);6-10H,5H2,1-4H3,(H,21,22)(H,20,23,24);5*1H/t2*18-;;;;;;/m11....../s1. The molecule has 11 heterocycles. The van der Waals surface area contributed by atoms with Crippen LogP contribution in [0.5, 0.6) is 0 Å². The third-order valence-electron chi connectivity index (χ3n) is 14.7. The van der Waals surface area contributed by atoms with E-state index < -0.39 is 65.5 Å². The average Bonchev–Trinajstić information content (AvgIpc) is 1.64. The van der Waals surface area contributed by atoms with Crippen LogP contribution < -0.4 is 25.8 Å². The molecule has 2 fully saturated rings. The first-order valence-corrected chi connectivity index (χ1v) is 27.7. The number of nitrogens with one attached hydrogen (secondary N) is 6. The second-order valence-corrected chi connectivity index (χ2v) is 22.2. The molecule has 31 heteroatoms. The van der Waals surface area contributed by atoms with E-state index in [1.54, 1.807) is 92.9 Å². The minimum absolute atomic E-state index is 0. The van der Waals surface area contributed by atoms with Gasteiger partial charge in [-0.05, 0) is 90.6 Å². The minimum Gasteiger partial charge on any atom is -0.356 e. The zero-order valence-electron chi connectivity index (χ0n) is 47.3. The molecule has 0 saturated carbocycles. The van der Waals surface area contributed by atoms with Crippen molar-refractivity contribution >= 4 is 91.5 Å². The fourth-order valence-corrected chi connectivity index (χ4v) is 10.5. The Morgan fingerprint density at radius 1 is 0.655 bits per heavy atom. The van der Waals surface area contributed by atoms with Gasteiger partial charge in [0.2, 0.25) is 17.7 Å². The lowest BCUT2D eigenvalue weighted by Crippen LogP contribution is -2.55. The Hall–Kier alpha value is -8.86. The number of anilines is 3. The fourth-order valence-electron chi connectivity index (χ4n) is 10.2. The number of likely N-dealkylation sites (N-methyl/N-ethyl adjacent to an activating group) is 1. The van der Waals surface area contributed by atoms with Crippen LogP contribution in [0.1, 0.15) is 67.4 Å². The van der Waals surface area contributed by atoms with Crippen molar-refractivity contribution in [3.8, 4) is 34.2 Å². The maximum Gasteiger partial charge on any atom is 0.405 e. The molecular weight excluding hydrogens is 1200 g/mol. The molecule has 0 unspecified atom stereocenters. The number of aromatic amines is 3. The summed E-state index contributed by atoms with van der Waals surface area (Å²) in [6, 6.07) is 8.13. The highest BCUT2D eigenvalue weighted by atomic mass is 35.5. The molecular formula is C56H66Cl2F8N18O3. The molecule has 87 heavy (non-hydrogen) atoms. The fraction of sp³-hybridized carbons (Fsp3) is 0.357. The van der Waals surface area contributed by atoms with Crippen LogP contribution >= 0.6 is 23.2 Å². The Labute approximate surface area is 508 Å². The number of nitrogens with zero attached hydrogens (tertiary/aromatic N) is 12. The number of pyridine rings is 3. The van der Waals surface area contributed by atoms with Crippen molar-refractivity contribution in [3.63, 3.8) is 0 Å². The van der Waals surface area contributed by atoms with E-state index in [0.717, 1.165) is 17.8 Å². The Morgan fingerprint density at radius 3 is 1.66 bits per heavy atom. The monoisotopic (exact) mass is 1260 g/mol. The largest absolute Gasteiger partial charge is 0.405 e. The summed E-state index contributed by atoms with van der Waals surface area (Å²) in [6.45, 7) is 7.16. The Kier molecular flexibility index (Phi) is 17.9. The number of alkyl halides is 6. The molecule has 0 aliphatic carbocycles. The van der Waals surface area contributed by atoms with Gasteiger partial charge in [-0.2, -0.15) is 26.3 Å². The number of amides is 3. The maximum absolute atomic E-state index is 14.7. The highest BCUT2D eigenvalue weighted by Gasteiger charge is 2.47. The molecule has 9 aromatic heterocycles. The van der Waals surface area contributed by atoms with Gasteiger partial charge in [-0.15, -0.1) is 0 Å². The molecule has 468 valence electrons. The highest BCUT2D eigenvalue weighted by Crippen LogP contribution is 2.38. The van der Waals surface area contributed by atoms with Crippen molar-refractivity contribution in [1.82, 2.24) is 75.3 Å². The van der Waals surface area contributed by atoms with Gasteiger partial charge in [0.05, 0.1) is 22.4 Å². The van der Waals surface area contributed by atoms with Gasteiger partial charge < -0.3 is 45.6 Å². The van der Waals surface area contributed by atoms with Gasteiger partial charge in [0, 0.05) is 110 Å². The second-order valence-electron chi connectivity index (χ2n) is 21.3. The van der Waals surface area contributed by atoms with Crippen molar-refractivity contribution < 1.29 is 56.6 Å². The predicted octanol–water partition coefficient (Wildman–Crippen LogP) is 11.6. The summed E-state index contributed by atoms with van der Waals surface area (Å²) in [5.41, 5.74) is 0.217. The summed E-state index contributed by atoms with van der Waals surface area (Å²) in [5, 5.41) is 9.87. The van der Waals surface area contributed by atoms with Crippen LogP contribution in [0, 0.1) is 11.6 Å². The lowest BCUT2D eigenvalue weighted by Gasteiger charge is -2.35. The molecule has 2 atom stereocenters. The highest BCUT2D eigenvalue weighted by molar-refractivity contribution is 6.31. The summed E-state index contributed by atoms with van der Waals surface area (Å²) in [6.07, 6.45) is 6.08. The van der Waals surface area contributed by atoms with E-state index in [-0.39, 0.29) is 37.6 Å². The summed E-state index contributed by atoms with van der Waals surface area (Å²) >= 11 is 12.1. The number of rotatable bonds is 13.